The zero-order valence-corrected chi connectivity index (χ0v) is 16.3. The monoisotopic (exact) mass is 437 g/mol. The number of amides is 1. The second kappa shape index (κ2) is 7.79. The van der Waals surface area contributed by atoms with Crippen molar-refractivity contribution in [2.75, 3.05) is 12.4 Å². The molecule has 0 spiro atoms. The van der Waals surface area contributed by atoms with E-state index in [0.717, 1.165) is 31.3 Å². The molecule has 0 bridgehead atoms. The molecule has 5 heteroatoms. The lowest BCUT2D eigenvalue weighted by Gasteiger charge is -2.09. The summed E-state index contributed by atoms with van der Waals surface area (Å²) >= 11 is 6.88. The van der Waals surface area contributed by atoms with Crippen LogP contribution in [0.3, 0.4) is 0 Å². The van der Waals surface area contributed by atoms with Gasteiger partial charge in [-0.2, -0.15) is 0 Å². The van der Waals surface area contributed by atoms with E-state index in [0.29, 0.717) is 5.75 Å². The van der Waals surface area contributed by atoms with Gasteiger partial charge in [0.2, 0.25) is 5.91 Å². The summed E-state index contributed by atoms with van der Waals surface area (Å²) in [5, 5.41) is 2.90. The molecule has 3 nitrogen and oxygen atoms in total. The summed E-state index contributed by atoms with van der Waals surface area (Å²) in [5.41, 5.74) is 3.84. The van der Waals surface area contributed by atoms with Gasteiger partial charge in [0.05, 0.1) is 11.6 Å². The Bertz CT molecular complexity index is 770. The van der Waals surface area contributed by atoms with Gasteiger partial charge in [0.15, 0.2) is 0 Å². The molecule has 0 radical (unpaired) electrons. The lowest BCUT2D eigenvalue weighted by atomic mass is 10.1. The molecule has 120 valence electrons. The van der Waals surface area contributed by atoms with Crippen molar-refractivity contribution >= 4 is 49.5 Å². The van der Waals surface area contributed by atoms with Gasteiger partial charge in [-0.3, -0.25) is 4.79 Å². The molecule has 23 heavy (non-hydrogen) atoms. The van der Waals surface area contributed by atoms with Crippen LogP contribution in [0.4, 0.5) is 5.69 Å². The number of methoxy groups -OCH3 is 1. The molecular weight excluding hydrogens is 422 g/mol. The van der Waals surface area contributed by atoms with Gasteiger partial charge < -0.3 is 10.1 Å². The minimum absolute atomic E-state index is 0.183. The lowest BCUT2D eigenvalue weighted by Crippen LogP contribution is -2.09. The maximum Gasteiger partial charge on any atom is 0.248 e. The van der Waals surface area contributed by atoms with E-state index in [4.69, 9.17) is 4.74 Å². The summed E-state index contributed by atoms with van der Waals surface area (Å²) in [6.07, 6.45) is 3.23. The number of nitrogens with one attached hydrogen (secondary N) is 1. The molecule has 1 N–H and O–H groups in total. The molecule has 1 amide bonds. The maximum absolute atomic E-state index is 12.2. The summed E-state index contributed by atoms with van der Waals surface area (Å²) < 4.78 is 7.09. The Morgan fingerprint density at radius 2 is 1.96 bits per heavy atom. The summed E-state index contributed by atoms with van der Waals surface area (Å²) in [5.74, 6) is 0.501. The van der Waals surface area contributed by atoms with Gasteiger partial charge >= 0.3 is 0 Å². The van der Waals surface area contributed by atoms with Crippen LogP contribution >= 0.6 is 31.9 Å². The molecule has 0 aliphatic carbocycles. The zero-order chi connectivity index (χ0) is 17.0. The Hall–Kier alpha value is -1.59. The molecule has 2 rings (SSSR count). The highest BCUT2D eigenvalue weighted by Gasteiger charge is 2.08. The second-order valence-electron chi connectivity index (χ2n) is 5.08. The predicted octanol–water partition coefficient (Wildman–Crippen LogP) is 5.49. The first-order valence-electron chi connectivity index (χ1n) is 7.00. The van der Waals surface area contributed by atoms with Crippen LogP contribution in [-0.2, 0) is 4.79 Å². The van der Waals surface area contributed by atoms with Crippen molar-refractivity contribution in [3.63, 3.8) is 0 Å². The Kier molecular flexibility index (Phi) is 6.02. The van der Waals surface area contributed by atoms with E-state index in [-0.39, 0.29) is 5.91 Å². The Morgan fingerprint density at radius 1 is 1.22 bits per heavy atom. The highest BCUT2D eigenvalue weighted by Crippen LogP contribution is 2.33. The van der Waals surface area contributed by atoms with Crippen LogP contribution < -0.4 is 10.1 Å². The van der Waals surface area contributed by atoms with Crippen molar-refractivity contribution in [2.24, 2.45) is 0 Å². The minimum atomic E-state index is -0.183. The Balaban J connectivity index is 2.20. The van der Waals surface area contributed by atoms with Gasteiger partial charge in [-0.05, 0) is 65.2 Å². The number of hydrogen-bond donors (Lipinski definition) is 1. The standard InChI is InChI=1S/C18H17Br2NO2/c1-11-5-4-6-16(12(11)2)21-17(22)8-7-13-9-14(19)10-15(20)18(13)23-3/h4-10H,1-3H3,(H,21,22). The molecule has 0 atom stereocenters. The number of anilines is 1. The molecule has 0 unspecified atom stereocenters. The second-order valence-corrected chi connectivity index (χ2v) is 6.85. The number of carbonyl (C=O) groups is 1. The van der Waals surface area contributed by atoms with E-state index in [2.05, 4.69) is 37.2 Å². The van der Waals surface area contributed by atoms with Crippen molar-refractivity contribution in [1.82, 2.24) is 0 Å². The fourth-order valence-corrected chi connectivity index (χ4v) is 3.57. The average Bonchev–Trinajstić information content (AvgIpc) is 2.49. The third-order valence-electron chi connectivity index (χ3n) is 3.52. The summed E-state index contributed by atoms with van der Waals surface area (Å²) in [6, 6.07) is 9.63. The van der Waals surface area contributed by atoms with Crippen molar-refractivity contribution in [2.45, 2.75) is 13.8 Å². The zero-order valence-electron chi connectivity index (χ0n) is 13.1. The molecule has 0 heterocycles. The fraction of sp³-hybridized carbons (Fsp3) is 0.167. The average molecular weight is 439 g/mol. The lowest BCUT2D eigenvalue weighted by molar-refractivity contribution is -0.111. The van der Waals surface area contributed by atoms with Gasteiger partial charge in [0, 0.05) is 21.8 Å². The molecule has 2 aromatic carbocycles. The van der Waals surface area contributed by atoms with E-state index in [9.17, 15) is 4.79 Å². The number of benzene rings is 2. The van der Waals surface area contributed by atoms with Gasteiger partial charge in [0.25, 0.3) is 0 Å². The molecular formula is C18H17Br2NO2. The van der Waals surface area contributed by atoms with Crippen LogP contribution in [0.15, 0.2) is 45.4 Å². The SMILES string of the molecule is COc1c(Br)cc(Br)cc1C=CC(=O)Nc1cccc(C)c1C. The highest BCUT2D eigenvalue weighted by atomic mass is 79.9. The molecule has 0 saturated heterocycles. The van der Waals surface area contributed by atoms with Gasteiger partial charge in [-0.25, -0.2) is 0 Å². The van der Waals surface area contributed by atoms with Crippen molar-refractivity contribution in [1.29, 1.82) is 0 Å². The van der Waals surface area contributed by atoms with Crippen LogP contribution in [0.2, 0.25) is 0 Å². The molecule has 0 aromatic heterocycles. The maximum atomic E-state index is 12.2. The highest BCUT2D eigenvalue weighted by molar-refractivity contribution is 9.11. The van der Waals surface area contributed by atoms with E-state index in [1.54, 1.807) is 13.2 Å². The molecule has 0 saturated carbocycles. The van der Waals surface area contributed by atoms with Gasteiger partial charge in [-0.15, -0.1) is 0 Å². The first-order valence-corrected chi connectivity index (χ1v) is 8.59. The Morgan fingerprint density at radius 3 is 2.65 bits per heavy atom. The smallest absolute Gasteiger partial charge is 0.248 e. The normalized spacial score (nSPS) is 10.8. The largest absolute Gasteiger partial charge is 0.495 e. The molecule has 0 aliphatic rings. The van der Waals surface area contributed by atoms with Crippen molar-refractivity contribution in [3.05, 3.63) is 62.0 Å². The van der Waals surface area contributed by atoms with Crippen LogP contribution in [-0.4, -0.2) is 13.0 Å². The number of ether oxygens (including phenoxy) is 1. The number of rotatable bonds is 4. The summed E-state index contributed by atoms with van der Waals surface area (Å²) in [4.78, 5) is 12.2. The summed E-state index contributed by atoms with van der Waals surface area (Å²) in [6.45, 7) is 4.01. The summed E-state index contributed by atoms with van der Waals surface area (Å²) in [7, 11) is 1.60. The van der Waals surface area contributed by atoms with Gasteiger partial charge in [0.1, 0.15) is 5.75 Å². The van der Waals surface area contributed by atoms with E-state index in [1.807, 2.05) is 44.2 Å². The van der Waals surface area contributed by atoms with Crippen LogP contribution in [0, 0.1) is 13.8 Å². The topological polar surface area (TPSA) is 38.3 Å². The quantitative estimate of drug-likeness (QED) is 0.641. The molecule has 2 aromatic rings. The van der Waals surface area contributed by atoms with Crippen molar-refractivity contribution < 1.29 is 9.53 Å². The van der Waals surface area contributed by atoms with Gasteiger partial charge in [-0.1, -0.05) is 28.1 Å². The van der Waals surface area contributed by atoms with Crippen LogP contribution in [0.1, 0.15) is 16.7 Å². The third-order valence-corrected chi connectivity index (χ3v) is 4.56. The third kappa shape index (κ3) is 4.45. The fourth-order valence-electron chi connectivity index (χ4n) is 2.15. The Labute approximate surface area is 153 Å². The number of carbonyl (C=O) groups excluding carboxylic acids is 1. The van der Waals surface area contributed by atoms with Crippen LogP contribution in [0.5, 0.6) is 5.75 Å². The van der Waals surface area contributed by atoms with E-state index < -0.39 is 0 Å². The van der Waals surface area contributed by atoms with Crippen molar-refractivity contribution in [3.8, 4) is 5.75 Å². The van der Waals surface area contributed by atoms with E-state index in [1.165, 1.54) is 6.08 Å². The number of halogens is 2. The predicted molar refractivity (Wildman–Crippen MR) is 102 cm³/mol. The van der Waals surface area contributed by atoms with Crippen LogP contribution in [0.25, 0.3) is 6.08 Å². The number of hydrogen-bond acceptors (Lipinski definition) is 2. The number of aryl methyl sites for hydroxylation is 1. The minimum Gasteiger partial charge on any atom is -0.495 e. The molecule has 0 aliphatic heterocycles. The first-order chi connectivity index (χ1) is 10.9. The van der Waals surface area contributed by atoms with E-state index >= 15 is 0 Å². The molecule has 0 fully saturated rings. The first kappa shape index (κ1) is 17.8.